The fourth-order valence-corrected chi connectivity index (χ4v) is 2.71. The summed E-state index contributed by atoms with van der Waals surface area (Å²) in [6.45, 7) is -0.622. The number of hydrogen-bond donors (Lipinski definition) is 2. The van der Waals surface area contributed by atoms with E-state index in [1.54, 1.807) is 24.5 Å². The molecule has 0 saturated heterocycles. The van der Waals surface area contributed by atoms with Crippen LogP contribution in [0.4, 0.5) is 4.39 Å². The zero-order valence-electron chi connectivity index (χ0n) is 13.2. The summed E-state index contributed by atoms with van der Waals surface area (Å²) in [7, 11) is 0. The van der Waals surface area contributed by atoms with Crippen LogP contribution in [0.15, 0.2) is 48.9 Å². The van der Waals surface area contributed by atoms with E-state index in [9.17, 15) is 9.18 Å². The number of fused-ring (bicyclic) bond motifs is 3. The van der Waals surface area contributed by atoms with Gasteiger partial charge in [-0.2, -0.15) is 0 Å². The highest BCUT2D eigenvalue weighted by Crippen LogP contribution is 2.26. The Hall–Kier alpha value is -3.35. The van der Waals surface area contributed by atoms with Crippen LogP contribution < -0.4 is 5.32 Å². The number of carbonyl (C=O) groups excluding carboxylic acids is 1. The van der Waals surface area contributed by atoms with E-state index < -0.39 is 12.6 Å². The number of carbonyl (C=O) groups is 1. The molecule has 0 aromatic carbocycles. The number of H-pyrrole nitrogens is 1. The molecule has 2 N–H and O–H groups in total. The summed E-state index contributed by atoms with van der Waals surface area (Å²) in [5.74, 6) is -0.393. The maximum atomic E-state index is 12.1. The van der Waals surface area contributed by atoms with Gasteiger partial charge in [0.05, 0.1) is 11.2 Å². The number of amides is 1. The van der Waals surface area contributed by atoms with Crippen LogP contribution in [-0.4, -0.2) is 39.1 Å². The summed E-state index contributed by atoms with van der Waals surface area (Å²) in [6.07, 6.45) is 5.12. The zero-order chi connectivity index (χ0) is 17.2. The summed E-state index contributed by atoms with van der Waals surface area (Å²) in [5.41, 5.74) is 3.53. The van der Waals surface area contributed by atoms with Gasteiger partial charge in [0, 0.05) is 41.5 Å². The second-order valence-corrected chi connectivity index (χ2v) is 5.52. The average Bonchev–Trinajstić information content (AvgIpc) is 3.04. The average molecular weight is 335 g/mol. The Kier molecular flexibility index (Phi) is 3.81. The summed E-state index contributed by atoms with van der Waals surface area (Å²) in [6, 6.07) is 9.17. The highest BCUT2D eigenvalue weighted by Gasteiger charge is 2.10. The van der Waals surface area contributed by atoms with Gasteiger partial charge in [-0.3, -0.25) is 14.8 Å². The van der Waals surface area contributed by atoms with Crippen LogP contribution in [0, 0.1) is 0 Å². The molecule has 6 nitrogen and oxygen atoms in total. The van der Waals surface area contributed by atoms with Crippen LogP contribution >= 0.6 is 0 Å². The molecule has 124 valence electrons. The first-order valence-electron chi connectivity index (χ1n) is 7.79. The van der Waals surface area contributed by atoms with E-state index in [1.165, 1.54) is 0 Å². The Balaban J connectivity index is 1.67. The van der Waals surface area contributed by atoms with Crippen molar-refractivity contribution in [3.8, 4) is 11.3 Å². The zero-order valence-corrected chi connectivity index (χ0v) is 13.2. The summed E-state index contributed by atoms with van der Waals surface area (Å²) >= 11 is 0. The third-order valence-electron chi connectivity index (χ3n) is 3.93. The first-order valence-corrected chi connectivity index (χ1v) is 7.79. The molecule has 0 aliphatic heterocycles. The molecule has 1 amide bonds. The summed E-state index contributed by atoms with van der Waals surface area (Å²) in [4.78, 5) is 27.9. The maximum absolute atomic E-state index is 12.1. The lowest BCUT2D eigenvalue weighted by Crippen LogP contribution is -2.26. The van der Waals surface area contributed by atoms with Gasteiger partial charge < -0.3 is 10.3 Å². The van der Waals surface area contributed by atoms with E-state index in [4.69, 9.17) is 0 Å². The molecule has 25 heavy (non-hydrogen) atoms. The Morgan fingerprint density at radius 1 is 1.12 bits per heavy atom. The summed E-state index contributed by atoms with van der Waals surface area (Å²) < 4.78 is 12.1. The van der Waals surface area contributed by atoms with Crippen molar-refractivity contribution < 1.29 is 9.18 Å². The Morgan fingerprint density at radius 3 is 2.84 bits per heavy atom. The van der Waals surface area contributed by atoms with Crippen LogP contribution in [0.5, 0.6) is 0 Å². The number of nitrogens with one attached hydrogen (secondary N) is 2. The molecule has 0 unspecified atom stereocenters. The number of aromatic nitrogens is 4. The molecule has 0 radical (unpaired) electrons. The van der Waals surface area contributed by atoms with Crippen molar-refractivity contribution in [2.45, 2.75) is 0 Å². The molecule has 4 aromatic rings. The molecule has 0 saturated carbocycles. The molecule has 0 fully saturated rings. The molecule has 7 heteroatoms. The topological polar surface area (TPSA) is 83.6 Å². The maximum Gasteiger partial charge on any atom is 0.269 e. The molecule has 4 heterocycles. The molecule has 0 atom stereocenters. The fourth-order valence-electron chi connectivity index (χ4n) is 2.71. The molecular formula is C18H14FN5O. The predicted molar refractivity (Wildman–Crippen MR) is 92.9 cm³/mol. The SMILES string of the molecule is O=C(NCCF)c1ccc(-c2ccc3c(n2)[nH]c2ccncc23)cn1. The van der Waals surface area contributed by atoms with Gasteiger partial charge in [-0.25, -0.2) is 9.37 Å². The van der Waals surface area contributed by atoms with E-state index in [-0.39, 0.29) is 12.2 Å². The monoisotopic (exact) mass is 335 g/mol. The second kappa shape index (κ2) is 6.27. The third-order valence-corrected chi connectivity index (χ3v) is 3.93. The highest BCUT2D eigenvalue weighted by molar-refractivity contribution is 6.05. The Morgan fingerprint density at radius 2 is 2.04 bits per heavy atom. The minimum absolute atomic E-state index is 0.0181. The van der Waals surface area contributed by atoms with E-state index in [2.05, 4.69) is 25.3 Å². The van der Waals surface area contributed by atoms with Crippen molar-refractivity contribution in [1.29, 1.82) is 0 Å². The second-order valence-electron chi connectivity index (χ2n) is 5.52. The summed E-state index contributed by atoms with van der Waals surface area (Å²) in [5, 5.41) is 4.47. The van der Waals surface area contributed by atoms with Gasteiger partial charge in [0.2, 0.25) is 0 Å². The molecule has 4 aromatic heterocycles. The number of nitrogens with zero attached hydrogens (tertiary/aromatic N) is 3. The first kappa shape index (κ1) is 15.2. The molecule has 0 bridgehead atoms. The van der Waals surface area contributed by atoms with Crippen LogP contribution in [0.3, 0.4) is 0 Å². The van der Waals surface area contributed by atoms with E-state index >= 15 is 0 Å². The molecule has 0 spiro atoms. The third kappa shape index (κ3) is 2.80. The quantitative estimate of drug-likeness (QED) is 0.601. The van der Waals surface area contributed by atoms with Crippen LogP contribution in [0.1, 0.15) is 10.5 Å². The number of pyridine rings is 3. The number of halogens is 1. The van der Waals surface area contributed by atoms with Gasteiger partial charge >= 0.3 is 0 Å². The largest absolute Gasteiger partial charge is 0.348 e. The number of rotatable bonds is 4. The first-order chi connectivity index (χ1) is 12.3. The minimum Gasteiger partial charge on any atom is -0.348 e. The fraction of sp³-hybridized carbons (Fsp3) is 0.111. The smallest absolute Gasteiger partial charge is 0.269 e. The van der Waals surface area contributed by atoms with Gasteiger partial charge in [0.25, 0.3) is 5.91 Å². The van der Waals surface area contributed by atoms with Crippen molar-refractivity contribution in [2.24, 2.45) is 0 Å². The van der Waals surface area contributed by atoms with Crippen molar-refractivity contribution in [3.05, 3.63) is 54.6 Å². The highest BCUT2D eigenvalue weighted by atomic mass is 19.1. The van der Waals surface area contributed by atoms with Gasteiger partial charge in [0.15, 0.2) is 0 Å². The van der Waals surface area contributed by atoms with Crippen molar-refractivity contribution in [2.75, 3.05) is 13.2 Å². The van der Waals surface area contributed by atoms with E-state index in [1.807, 2.05) is 24.4 Å². The Labute approximate surface area is 142 Å². The molecule has 0 aliphatic carbocycles. The minimum atomic E-state index is -0.603. The number of alkyl halides is 1. The lowest BCUT2D eigenvalue weighted by molar-refractivity contribution is 0.0946. The lowest BCUT2D eigenvalue weighted by Gasteiger charge is -2.04. The predicted octanol–water partition coefficient (Wildman–Crippen LogP) is 2.87. The van der Waals surface area contributed by atoms with Crippen LogP contribution in [0.25, 0.3) is 33.2 Å². The van der Waals surface area contributed by atoms with Gasteiger partial charge in [0.1, 0.15) is 18.0 Å². The lowest BCUT2D eigenvalue weighted by atomic mass is 10.1. The van der Waals surface area contributed by atoms with Crippen molar-refractivity contribution >= 4 is 27.8 Å². The Bertz CT molecular complexity index is 1060. The van der Waals surface area contributed by atoms with Crippen molar-refractivity contribution in [3.63, 3.8) is 0 Å². The number of hydrogen-bond acceptors (Lipinski definition) is 4. The van der Waals surface area contributed by atoms with Crippen molar-refractivity contribution in [1.82, 2.24) is 25.3 Å². The molecule has 4 rings (SSSR count). The van der Waals surface area contributed by atoms with E-state index in [0.29, 0.717) is 0 Å². The van der Waals surface area contributed by atoms with Gasteiger partial charge in [-0.05, 0) is 30.3 Å². The normalized spacial score (nSPS) is 11.1. The van der Waals surface area contributed by atoms with Gasteiger partial charge in [-0.1, -0.05) is 0 Å². The standard InChI is InChI=1S/C18H14FN5O/c19-6-8-21-18(25)16-3-1-11(9-22-16)14-4-2-12-13-10-20-7-5-15(13)24-17(12)23-14/h1-5,7,9-10H,6,8H2,(H,21,25)(H,23,24). The van der Waals surface area contributed by atoms with Gasteiger partial charge in [-0.15, -0.1) is 0 Å². The molecule has 0 aliphatic rings. The van der Waals surface area contributed by atoms with Crippen LogP contribution in [-0.2, 0) is 0 Å². The van der Waals surface area contributed by atoms with E-state index in [0.717, 1.165) is 33.2 Å². The van der Waals surface area contributed by atoms with Crippen LogP contribution in [0.2, 0.25) is 0 Å². The molecular weight excluding hydrogens is 321 g/mol. The number of aromatic amines is 1.